The first-order valence-corrected chi connectivity index (χ1v) is 8.15. The molecule has 2 aromatic rings. The monoisotopic (exact) mass is 340 g/mol. The molecule has 6 nitrogen and oxygen atoms in total. The largest absolute Gasteiger partial charge is 0.490 e. The molecule has 0 spiro atoms. The zero-order chi connectivity index (χ0) is 17.6. The summed E-state index contributed by atoms with van der Waals surface area (Å²) in [6.07, 6.45) is 3.15. The van der Waals surface area contributed by atoms with Gasteiger partial charge in [-0.25, -0.2) is 0 Å². The highest BCUT2D eigenvalue weighted by atomic mass is 16.5. The molecule has 0 N–H and O–H groups in total. The van der Waals surface area contributed by atoms with Crippen LogP contribution >= 0.6 is 0 Å². The average molecular weight is 340 g/mol. The van der Waals surface area contributed by atoms with E-state index in [4.69, 9.17) is 9.15 Å². The molecule has 130 valence electrons. The van der Waals surface area contributed by atoms with Gasteiger partial charge in [0.05, 0.1) is 6.26 Å². The first kappa shape index (κ1) is 16.8. The van der Waals surface area contributed by atoms with Crippen LogP contribution in [0.4, 0.5) is 0 Å². The predicted molar refractivity (Wildman–Crippen MR) is 92.6 cm³/mol. The molecule has 1 aromatic heterocycles. The van der Waals surface area contributed by atoms with Crippen LogP contribution in [0.15, 0.2) is 59.7 Å². The van der Waals surface area contributed by atoms with Gasteiger partial charge < -0.3 is 19.0 Å². The van der Waals surface area contributed by atoms with E-state index in [0.29, 0.717) is 49.9 Å². The van der Waals surface area contributed by atoms with Crippen molar-refractivity contribution in [3.63, 3.8) is 0 Å². The molecule has 25 heavy (non-hydrogen) atoms. The smallest absolute Gasteiger partial charge is 0.289 e. The van der Waals surface area contributed by atoms with Crippen molar-refractivity contribution >= 4 is 11.8 Å². The zero-order valence-corrected chi connectivity index (χ0v) is 13.9. The molecular weight excluding hydrogens is 320 g/mol. The van der Waals surface area contributed by atoms with Crippen LogP contribution in [0.25, 0.3) is 0 Å². The van der Waals surface area contributed by atoms with Gasteiger partial charge in [0.2, 0.25) is 0 Å². The Morgan fingerprint density at radius 1 is 1.04 bits per heavy atom. The third kappa shape index (κ3) is 3.91. The highest BCUT2D eigenvalue weighted by Gasteiger charge is 2.26. The molecule has 6 heteroatoms. The van der Waals surface area contributed by atoms with E-state index in [1.807, 2.05) is 0 Å². The Morgan fingerprint density at radius 2 is 1.68 bits per heavy atom. The minimum atomic E-state index is -0.138. The number of carbonyl (C=O) groups is 2. The second-order valence-corrected chi connectivity index (χ2v) is 5.69. The van der Waals surface area contributed by atoms with Crippen molar-refractivity contribution in [1.29, 1.82) is 0 Å². The molecule has 0 unspecified atom stereocenters. The molecule has 1 fully saturated rings. The fourth-order valence-electron chi connectivity index (χ4n) is 2.70. The van der Waals surface area contributed by atoms with Crippen molar-refractivity contribution in [2.45, 2.75) is 0 Å². The Morgan fingerprint density at radius 3 is 2.24 bits per heavy atom. The third-order valence-corrected chi connectivity index (χ3v) is 4.06. The third-order valence-electron chi connectivity index (χ3n) is 4.06. The van der Waals surface area contributed by atoms with E-state index >= 15 is 0 Å². The van der Waals surface area contributed by atoms with Gasteiger partial charge in [0.1, 0.15) is 12.4 Å². The van der Waals surface area contributed by atoms with E-state index in [1.165, 1.54) is 6.26 Å². The molecule has 1 aliphatic rings. The van der Waals surface area contributed by atoms with Gasteiger partial charge in [-0.15, -0.1) is 0 Å². The second-order valence-electron chi connectivity index (χ2n) is 5.69. The van der Waals surface area contributed by atoms with Crippen LogP contribution in [0.3, 0.4) is 0 Å². The Labute approximate surface area is 146 Å². The molecule has 0 saturated carbocycles. The normalized spacial score (nSPS) is 14.2. The SMILES string of the molecule is C=CCOc1ccc(C(=O)N2CCN(C(=O)c3ccco3)CC2)cc1. The lowest BCUT2D eigenvalue weighted by Gasteiger charge is -2.34. The summed E-state index contributed by atoms with van der Waals surface area (Å²) < 4.78 is 10.6. The summed E-state index contributed by atoms with van der Waals surface area (Å²) in [5.41, 5.74) is 0.608. The van der Waals surface area contributed by atoms with Gasteiger partial charge in [-0.3, -0.25) is 9.59 Å². The van der Waals surface area contributed by atoms with Gasteiger partial charge in [-0.1, -0.05) is 12.7 Å². The van der Waals surface area contributed by atoms with Crippen LogP contribution in [-0.2, 0) is 0 Å². The highest BCUT2D eigenvalue weighted by molar-refractivity contribution is 5.95. The van der Waals surface area contributed by atoms with Gasteiger partial charge in [0, 0.05) is 31.7 Å². The summed E-state index contributed by atoms with van der Waals surface area (Å²) in [5, 5.41) is 0. The van der Waals surface area contributed by atoms with E-state index in [1.54, 1.807) is 52.3 Å². The molecule has 1 saturated heterocycles. The first-order valence-electron chi connectivity index (χ1n) is 8.15. The van der Waals surface area contributed by atoms with Gasteiger partial charge in [0.25, 0.3) is 11.8 Å². The van der Waals surface area contributed by atoms with Crippen LogP contribution < -0.4 is 4.74 Å². The molecule has 2 heterocycles. The van der Waals surface area contributed by atoms with Crippen molar-refractivity contribution in [3.05, 3.63) is 66.6 Å². The average Bonchev–Trinajstić information content (AvgIpc) is 3.20. The molecule has 2 amide bonds. The second kappa shape index (κ2) is 7.70. The lowest BCUT2D eigenvalue weighted by molar-refractivity contribution is 0.0518. The molecule has 0 atom stereocenters. The van der Waals surface area contributed by atoms with E-state index in [0.717, 1.165) is 0 Å². The van der Waals surface area contributed by atoms with Gasteiger partial charge in [-0.05, 0) is 36.4 Å². The van der Waals surface area contributed by atoms with E-state index < -0.39 is 0 Å². The lowest BCUT2D eigenvalue weighted by atomic mass is 10.1. The van der Waals surface area contributed by atoms with Crippen molar-refractivity contribution in [1.82, 2.24) is 9.80 Å². The number of ether oxygens (including phenoxy) is 1. The highest BCUT2D eigenvalue weighted by Crippen LogP contribution is 2.16. The van der Waals surface area contributed by atoms with E-state index in [9.17, 15) is 9.59 Å². The molecule has 1 aliphatic heterocycles. The van der Waals surface area contributed by atoms with Gasteiger partial charge >= 0.3 is 0 Å². The predicted octanol–water partition coefficient (Wildman–Crippen LogP) is 2.44. The number of hydrogen-bond acceptors (Lipinski definition) is 4. The van der Waals surface area contributed by atoms with Gasteiger partial charge in [-0.2, -0.15) is 0 Å². The number of benzene rings is 1. The Bertz CT molecular complexity index is 729. The summed E-state index contributed by atoms with van der Waals surface area (Å²) in [7, 11) is 0. The van der Waals surface area contributed by atoms with Crippen molar-refractivity contribution in [3.8, 4) is 5.75 Å². The summed E-state index contributed by atoms with van der Waals surface area (Å²) in [6.45, 7) is 6.01. The lowest BCUT2D eigenvalue weighted by Crippen LogP contribution is -2.50. The fraction of sp³-hybridized carbons (Fsp3) is 0.263. The van der Waals surface area contributed by atoms with Crippen LogP contribution in [-0.4, -0.2) is 54.4 Å². The van der Waals surface area contributed by atoms with Crippen molar-refractivity contribution in [2.75, 3.05) is 32.8 Å². The molecule has 3 rings (SSSR count). The summed E-state index contributed by atoms with van der Waals surface area (Å²) in [5.74, 6) is 0.849. The summed E-state index contributed by atoms with van der Waals surface area (Å²) in [4.78, 5) is 28.3. The maximum Gasteiger partial charge on any atom is 0.289 e. The minimum Gasteiger partial charge on any atom is -0.490 e. The number of rotatable bonds is 5. The van der Waals surface area contributed by atoms with Gasteiger partial charge in [0.15, 0.2) is 5.76 Å². The number of hydrogen-bond donors (Lipinski definition) is 0. The number of piperazine rings is 1. The number of nitrogens with zero attached hydrogens (tertiary/aromatic N) is 2. The van der Waals surface area contributed by atoms with Crippen LogP contribution in [0, 0.1) is 0 Å². The standard InChI is InChI=1S/C19H20N2O4/c1-2-13-24-16-7-5-15(6-8-16)18(22)20-9-11-21(12-10-20)19(23)17-4-3-14-25-17/h2-8,14H,1,9-13H2. The summed E-state index contributed by atoms with van der Waals surface area (Å²) >= 11 is 0. The fourth-order valence-corrected chi connectivity index (χ4v) is 2.70. The van der Waals surface area contributed by atoms with Crippen LogP contribution in [0.1, 0.15) is 20.9 Å². The number of amides is 2. The number of carbonyl (C=O) groups excluding carboxylic acids is 2. The maximum absolute atomic E-state index is 12.6. The quantitative estimate of drug-likeness (QED) is 0.784. The molecular formula is C19H20N2O4. The Hall–Kier alpha value is -3.02. The number of furan rings is 1. The first-order chi connectivity index (χ1) is 12.2. The molecule has 0 bridgehead atoms. The minimum absolute atomic E-state index is 0.0413. The van der Waals surface area contributed by atoms with E-state index in [-0.39, 0.29) is 11.8 Å². The van der Waals surface area contributed by atoms with E-state index in [2.05, 4.69) is 6.58 Å². The summed E-state index contributed by atoms with van der Waals surface area (Å²) in [6, 6.07) is 10.4. The Balaban J connectivity index is 1.56. The van der Waals surface area contributed by atoms with Crippen molar-refractivity contribution in [2.24, 2.45) is 0 Å². The van der Waals surface area contributed by atoms with Crippen LogP contribution in [0.5, 0.6) is 5.75 Å². The zero-order valence-electron chi connectivity index (χ0n) is 13.9. The molecule has 0 radical (unpaired) electrons. The van der Waals surface area contributed by atoms with Crippen molar-refractivity contribution < 1.29 is 18.7 Å². The Kier molecular flexibility index (Phi) is 5.18. The maximum atomic E-state index is 12.6. The molecule has 1 aromatic carbocycles. The topological polar surface area (TPSA) is 63.0 Å². The molecule has 0 aliphatic carbocycles. The van der Waals surface area contributed by atoms with Crippen LogP contribution in [0.2, 0.25) is 0 Å².